The molecule has 174 valence electrons. The van der Waals surface area contributed by atoms with E-state index in [1.54, 1.807) is 37.3 Å². The van der Waals surface area contributed by atoms with Crippen LogP contribution in [0, 0.1) is 6.92 Å². The van der Waals surface area contributed by atoms with Crippen molar-refractivity contribution in [1.82, 2.24) is 4.98 Å². The summed E-state index contributed by atoms with van der Waals surface area (Å²) in [4.78, 5) is 16.9. The van der Waals surface area contributed by atoms with Crippen LogP contribution in [0.2, 0.25) is 5.02 Å². The predicted octanol–water partition coefficient (Wildman–Crippen LogP) is 5.49. The molecule has 0 N–H and O–H groups in total. The molecule has 1 heterocycles. The first kappa shape index (κ1) is 23.5. The van der Waals surface area contributed by atoms with Crippen molar-refractivity contribution in [1.29, 1.82) is 0 Å². The number of hydrogen-bond donors (Lipinski definition) is 0. The van der Waals surface area contributed by atoms with Gasteiger partial charge in [0.15, 0.2) is 0 Å². The van der Waals surface area contributed by atoms with E-state index in [4.69, 9.17) is 20.8 Å². The number of anilines is 1. The molecular weight excluding hydrogens is 476 g/mol. The standard InChI is InChI=1S/C25H21ClN2O5S/c1-17-22(27-24(33-17)18-9-5-3-6-10-18)16-32-25(29)19-13-14-21(26)23(15-19)34(30,31)28(2)20-11-7-4-8-12-20/h3-15H,16H2,1-2H3. The lowest BCUT2D eigenvalue weighted by Gasteiger charge is -2.20. The maximum Gasteiger partial charge on any atom is 0.338 e. The number of rotatable bonds is 7. The Bertz CT molecular complexity index is 1420. The molecule has 0 atom stereocenters. The van der Waals surface area contributed by atoms with Crippen molar-refractivity contribution in [3.63, 3.8) is 0 Å². The van der Waals surface area contributed by atoms with Gasteiger partial charge in [0.1, 0.15) is 23.0 Å². The summed E-state index contributed by atoms with van der Waals surface area (Å²) < 4.78 is 38.5. The average molecular weight is 497 g/mol. The highest BCUT2D eigenvalue weighted by Gasteiger charge is 2.26. The lowest BCUT2D eigenvalue weighted by atomic mass is 10.2. The Morgan fingerprint density at radius 1 is 1.03 bits per heavy atom. The molecule has 0 spiro atoms. The van der Waals surface area contributed by atoms with Crippen LogP contribution in [-0.4, -0.2) is 26.4 Å². The summed E-state index contributed by atoms with van der Waals surface area (Å²) in [7, 11) is -2.59. The van der Waals surface area contributed by atoms with Crippen LogP contribution in [0.1, 0.15) is 21.8 Å². The molecule has 0 aliphatic carbocycles. The minimum absolute atomic E-state index is 0.000760. The van der Waals surface area contributed by atoms with Crippen LogP contribution in [0.4, 0.5) is 5.69 Å². The first-order valence-electron chi connectivity index (χ1n) is 10.3. The Labute approximate surface area is 202 Å². The van der Waals surface area contributed by atoms with Crippen LogP contribution in [-0.2, 0) is 21.4 Å². The molecule has 0 radical (unpaired) electrons. The molecule has 0 aliphatic heterocycles. The molecule has 0 aliphatic rings. The van der Waals surface area contributed by atoms with Crippen molar-refractivity contribution in [2.75, 3.05) is 11.4 Å². The summed E-state index contributed by atoms with van der Waals surface area (Å²) in [6, 6.07) is 21.9. The van der Waals surface area contributed by atoms with E-state index in [1.165, 1.54) is 25.2 Å². The molecule has 0 bridgehead atoms. The van der Waals surface area contributed by atoms with Crippen molar-refractivity contribution >= 4 is 33.3 Å². The smallest absolute Gasteiger partial charge is 0.338 e. The van der Waals surface area contributed by atoms with E-state index >= 15 is 0 Å². The third-order valence-electron chi connectivity index (χ3n) is 5.18. The van der Waals surface area contributed by atoms with Gasteiger partial charge in [0, 0.05) is 12.6 Å². The van der Waals surface area contributed by atoms with Gasteiger partial charge in [-0.2, -0.15) is 0 Å². The zero-order valence-corrected chi connectivity index (χ0v) is 20.0. The maximum absolute atomic E-state index is 13.2. The van der Waals surface area contributed by atoms with E-state index < -0.39 is 16.0 Å². The number of esters is 1. The van der Waals surface area contributed by atoms with Gasteiger partial charge in [-0.1, -0.05) is 48.0 Å². The van der Waals surface area contributed by atoms with Gasteiger partial charge in [-0.25, -0.2) is 18.2 Å². The topological polar surface area (TPSA) is 89.7 Å². The zero-order chi connectivity index (χ0) is 24.3. The van der Waals surface area contributed by atoms with E-state index in [0.29, 0.717) is 23.0 Å². The second-order valence-corrected chi connectivity index (χ2v) is 9.76. The number of benzene rings is 3. The van der Waals surface area contributed by atoms with E-state index in [-0.39, 0.29) is 22.1 Å². The van der Waals surface area contributed by atoms with Gasteiger partial charge in [-0.15, -0.1) is 0 Å². The molecule has 0 amide bonds. The molecule has 4 rings (SSSR count). The highest BCUT2D eigenvalue weighted by Crippen LogP contribution is 2.29. The number of aryl methyl sites for hydroxylation is 1. The highest BCUT2D eigenvalue weighted by atomic mass is 35.5. The second kappa shape index (κ2) is 9.70. The number of aromatic nitrogens is 1. The van der Waals surface area contributed by atoms with Gasteiger partial charge in [-0.05, 0) is 49.4 Å². The van der Waals surface area contributed by atoms with Gasteiger partial charge in [0.05, 0.1) is 16.3 Å². The number of oxazole rings is 1. The summed E-state index contributed by atoms with van der Waals surface area (Å²) in [6.45, 7) is 1.60. The molecular formula is C25H21ClN2O5S. The number of carbonyl (C=O) groups excluding carboxylic acids is 1. The predicted molar refractivity (Wildman–Crippen MR) is 129 cm³/mol. The van der Waals surface area contributed by atoms with Gasteiger partial charge in [0.25, 0.3) is 10.0 Å². The van der Waals surface area contributed by atoms with Gasteiger partial charge < -0.3 is 9.15 Å². The van der Waals surface area contributed by atoms with Gasteiger partial charge in [-0.3, -0.25) is 4.31 Å². The van der Waals surface area contributed by atoms with Gasteiger partial charge in [0.2, 0.25) is 5.89 Å². The van der Waals surface area contributed by atoms with Crippen LogP contribution in [0.5, 0.6) is 0 Å². The average Bonchev–Trinajstić information content (AvgIpc) is 3.23. The molecule has 9 heteroatoms. The molecule has 1 aromatic heterocycles. The Hall–Kier alpha value is -3.62. The third kappa shape index (κ3) is 4.83. The molecule has 34 heavy (non-hydrogen) atoms. The van der Waals surface area contributed by atoms with Crippen LogP contribution in [0.25, 0.3) is 11.5 Å². The van der Waals surface area contributed by atoms with Crippen LogP contribution >= 0.6 is 11.6 Å². The molecule has 0 fully saturated rings. The Morgan fingerprint density at radius 2 is 1.68 bits per heavy atom. The van der Waals surface area contributed by atoms with Crippen molar-refractivity contribution in [2.24, 2.45) is 0 Å². The summed E-state index contributed by atoms with van der Waals surface area (Å²) in [6.07, 6.45) is 0. The molecule has 0 saturated carbocycles. The van der Waals surface area contributed by atoms with Crippen LogP contribution in [0.15, 0.2) is 88.2 Å². The summed E-state index contributed by atoms with van der Waals surface area (Å²) in [5, 5.41) is -0.000760. The molecule has 3 aromatic carbocycles. The Morgan fingerprint density at radius 3 is 2.35 bits per heavy atom. The number of ether oxygens (including phenoxy) is 1. The van der Waals surface area contributed by atoms with E-state index in [2.05, 4.69) is 4.98 Å². The molecule has 4 aromatic rings. The second-order valence-electron chi connectivity index (χ2n) is 7.42. The Balaban J connectivity index is 1.53. The number of hydrogen-bond acceptors (Lipinski definition) is 6. The molecule has 0 unspecified atom stereocenters. The fourth-order valence-corrected chi connectivity index (χ4v) is 4.93. The maximum atomic E-state index is 13.2. The van der Waals surface area contributed by atoms with E-state index in [0.717, 1.165) is 9.87 Å². The third-order valence-corrected chi connectivity index (χ3v) is 7.45. The quantitative estimate of drug-likeness (QED) is 0.314. The number of carbonyl (C=O) groups is 1. The van der Waals surface area contributed by atoms with Crippen molar-refractivity contribution in [3.05, 3.63) is 101 Å². The number of halogens is 1. The summed E-state index contributed by atoms with van der Waals surface area (Å²) in [5.74, 6) is 0.239. The molecule has 7 nitrogen and oxygen atoms in total. The number of nitrogens with zero attached hydrogens (tertiary/aromatic N) is 2. The normalized spacial score (nSPS) is 11.3. The highest BCUT2D eigenvalue weighted by molar-refractivity contribution is 7.93. The largest absolute Gasteiger partial charge is 0.455 e. The monoisotopic (exact) mass is 496 g/mol. The number of para-hydroxylation sites is 1. The lowest BCUT2D eigenvalue weighted by molar-refractivity contribution is 0.0466. The fraction of sp³-hybridized carbons (Fsp3) is 0.120. The van der Waals surface area contributed by atoms with Crippen molar-refractivity contribution in [3.8, 4) is 11.5 Å². The first-order valence-corrected chi connectivity index (χ1v) is 12.1. The van der Waals surface area contributed by atoms with Crippen LogP contribution in [0.3, 0.4) is 0 Å². The minimum atomic E-state index is -4.01. The lowest BCUT2D eigenvalue weighted by Crippen LogP contribution is -2.27. The summed E-state index contributed by atoms with van der Waals surface area (Å²) in [5.41, 5.74) is 1.78. The zero-order valence-electron chi connectivity index (χ0n) is 18.4. The fourth-order valence-electron chi connectivity index (χ4n) is 3.24. The summed E-state index contributed by atoms with van der Waals surface area (Å²) >= 11 is 6.19. The van der Waals surface area contributed by atoms with Gasteiger partial charge >= 0.3 is 5.97 Å². The minimum Gasteiger partial charge on any atom is -0.455 e. The SMILES string of the molecule is Cc1oc(-c2ccccc2)nc1COC(=O)c1ccc(Cl)c(S(=O)(=O)N(C)c2ccccc2)c1. The molecule has 0 saturated heterocycles. The van der Waals surface area contributed by atoms with E-state index in [1.807, 2.05) is 30.3 Å². The first-order chi connectivity index (χ1) is 16.3. The Kier molecular flexibility index (Phi) is 6.72. The van der Waals surface area contributed by atoms with Crippen LogP contribution < -0.4 is 4.31 Å². The van der Waals surface area contributed by atoms with E-state index in [9.17, 15) is 13.2 Å². The van der Waals surface area contributed by atoms with Crippen molar-refractivity contribution in [2.45, 2.75) is 18.4 Å². The van der Waals surface area contributed by atoms with Crippen molar-refractivity contribution < 1.29 is 22.4 Å². The number of sulfonamides is 1.